The van der Waals surface area contributed by atoms with E-state index in [1.807, 2.05) is 12.1 Å². The molecule has 1 aromatic carbocycles. The van der Waals surface area contributed by atoms with Gasteiger partial charge in [0.15, 0.2) is 0 Å². The van der Waals surface area contributed by atoms with Gasteiger partial charge >= 0.3 is 0 Å². The van der Waals surface area contributed by atoms with Crippen molar-refractivity contribution >= 4 is 0 Å². The van der Waals surface area contributed by atoms with Crippen molar-refractivity contribution in [3.05, 3.63) is 29.8 Å². The van der Waals surface area contributed by atoms with Gasteiger partial charge in [-0.25, -0.2) is 0 Å². The van der Waals surface area contributed by atoms with Crippen LogP contribution in [-0.4, -0.2) is 43.2 Å². The molecule has 0 radical (unpaired) electrons. The van der Waals surface area contributed by atoms with Crippen LogP contribution >= 0.6 is 0 Å². The molecule has 3 heteroatoms. The van der Waals surface area contributed by atoms with Crippen molar-refractivity contribution in [1.29, 1.82) is 0 Å². The Balaban J connectivity index is 1.93. The fourth-order valence-corrected chi connectivity index (χ4v) is 2.95. The molecule has 20 heavy (non-hydrogen) atoms. The summed E-state index contributed by atoms with van der Waals surface area (Å²) in [5.74, 6) is 0.934. The van der Waals surface area contributed by atoms with E-state index in [-0.39, 0.29) is 5.54 Å². The monoisotopic (exact) mass is 276 g/mol. The Hall–Kier alpha value is -1.06. The molecule has 0 saturated carbocycles. The average molecular weight is 276 g/mol. The largest absolute Gasteiger partial charge is 0.497 e. The van der Waals surface area contributed by atoms with Crippen LogP contribution in [0.25, 0.3) is 0 Å². The van der Waals surface area contributed by atoms with Gasteiger partial charge < -0.3 is 10.1 Å². The van der Waals surface area contributed by atoms with Gasteiger partial charge in [0.25, 0.3) is 0 Å². The second kappa shape index (κ2) is 6.59. The van der Waals surface area contributed by atoms with Crippen LogP contribution < -0.4 is 10.1 Å². The minimum Gasteiger partial charge on any atom is -0.497 e. The summed E-state index contributed by atoms with van der Waals surface area (Å²) in [7, 11) is 1.71. The molecular weight excluding hydrogens is 248 g/mol. The van der Waals surface area contributed by atoms with Crippen molar-refractivity contribution in [1.82, 2.24) is 10.2 Å². The molecule has 3 nitrogen and oxygen atoms in total. The maximum atomic E-state index is 5.21. The first-order valence-corrected chi connectivity index (χ1v) is 7.66. The highest BCUT2D eigenvalue weighted by Gasteiger charge is 2.30. The molecule has 2 rings (SSSR count). The highest BCUT2D eigenvalue weighted by Crippen LogP contribution is 2.18. The molecule has 0 bridgehead atoms. The van der Waals surface area contributed by atoms with Crippen LogP contribution in [0.15, 0.2) is 24.3 Å². The Morgan fingerprint density at radius 2 is 2.00 bits per heavy atom. The number of hydrogen-bond acceptors (Lipinski definition) is 3. The van der Waals surface area contributed by atoms with Gasteiger partial charge in [-0.05, 0) is 44.4 Å². The van der Waals surface area contributed by atoms with Crippen LogP contribution in [0.2, 0.25) is 0 Å². The van der Waals surface area contributed by atoms with E-state index in [9.17, 15) is 0 Å². The fourth-order valence-electron chi connectivity index (χ4n) is 2.95. The Labute approximate surface area is 123 Å². The van der Waals surface area contributed by atoms with Crippen molar-refractivity contribution in [3.8, 4) is 5.75 Å². The van der Waals surface area contributed by atoms with Gasteiger partial charge in [0.1, 0.15) is 5.75 Å². The number of nitrogens with one attached hydrogen (secondary N) is 1. The standard InChI is InChI=1S/C17H28N2O/c1-5-15-12-18-17(2,3)13-19(15)11-10-14-6-8-16(20-4)9-7-14/h6-9,15,18H,5,10-13H2,1-4H3. The average Bonchev–Trinajstić information content (AvgIpc) is 2.45. The van der Waals surface area contributed by atoms with Crippen LogP contribution in [0.4, 0.5) is 0 Å². The molecule has 1 heterocycles. The number of piperazine rings is 1. The molecule has 0 aromatic heterocycles. The number of methoxy groups -OCH3 is 1. The molecule has 1 aliphatic rings. The molecule has 1 aromatic rings. The topological polar surface area (TPSA) is 24.5 Å². The molecule has 1 unspecified atom stereocenters. The van der Waals surface area contributed by atoms with Gasteiger partial charge in [0.05, 0.1) is 7.11 Å². The number of ether oxygens (including phenoxy) is 1. The van der Waals surface area contributed by atoms with E-state index in [0.29, 0.717) is 6.04 Å². The molecule has 0 amide bonds. The Morgan fingerprint density at radius 1 is 1.30 bits per heavy atom. The van der Waals surface area contributed by atoms with E-state index in [1.54, 1.807) is 7.11 Å². The molecule has 0 aliphatic carbocycles. The summed E-state index contributed by atoms with van der Waals surface area (Å²) in [6.45, 7) is 10.2. The van der Waals surface area contributed by atoms with Crippen LogP contribution in [0.5, 0.6) is 5.75 Å². The molecule has 1 aliphatic heterocycles. The van der Waals surface area contributed by atoms with E-state index < -0.39 is 0 Å². The lowest BCUT2D eigenvalue weighted by atomic mass is 9.97. The molecule has 1 saturated heterocycles. The first-order chi connectivity index (χ1) is 9.54. The zero-order valence-corrected chi connectivity index (χ0v) is 13.3. The highest BCUT2D eigenvalue weighted by molar-refractivity contribution is 5.27. The summed E-state index contributed by atoms with van der Waals surface area (Å²) >= 11 is 0. The molecular formula is C17H28N2O. The SMILES string of the molecule is CCC1CNC(C)(C)CN1CCc1ccc(OC)cc1. The van der Waals surface area contributed by atoms with Gasteiger partial charge in [0.2, 0.25) is 0 Å². The van der Waals surface area contributed by atoms with Gasteiger partial charge in [-0.1, -0.05) is 19.1 Å². The number of rotatable bonds is 5. The number of benzene rings is 1. The van der Waals surface area contributed by atoms with Gasteiger partial charge in [0, 0.05) is 31.2 Å². The third-order valence-corrected chi connectivity index (χ3v) is 4.25. The van der Waals surface area contributed by atoms with Crippen LogP contribution in [0.3, 0.4) is 0 Å². The van der Waals surface area contributed by atoms with Crippen LogP contribution in [0, 0.1) is 0 Å². The third kappa shape index (κ3) is 3.97. The van der Waals surface area contributed by atoms with Gasteiger partial charge in [-0.15, -0.1) is 0 Å². The first-order valence-electron chi connectivity index (χ1n) is 7.66. The third-order valence-electron chi connectivity index (χ3n) is 4.25. The van der Waals surface area contributed by atoms with Crippen molar-refractivity contribution in [2.24, 2.45) is 0 Å². The van der Waals surface area contributed by atoms with E-state index >= 15 is 0 Å². The predicted molar refractivity (Wildman–Crippen MR) is 84.4 cm³/mol. The van der Waals surface area contributed by atoms with Crippen LogP contribution in [-0.2, 0) is 6.42 Å². The lowest BCUT2D eigenvalue weighted by Gasteiger charge is -2.44. The lowest BCUT2D eigenvalue weighted by molar-refractivity contribution is 0.0939. The lowest BCUT2D eigenvalue weighted by Crippen LogP contribution is -2.61. The summed E-state index contributed by atoms with van der Waals surface area (Å²) < 4.78 is 5.21. The maximum Gasteiger partial charge on any atom is 0.118 e. The van der Waals surface area contributed by atoms with Crippen molar-refractivity contribution in [2.75, 3.05) is 26.7 Å². The molecule has 0 spiro atoms. The minimum atomic E-state index is 0.228. The van der Waals surface area contributed by atoms with Gasteiger partial charge in [-0.3, -0.25) is 4.90 Å². The summed E-state index contributed by atoms with van der Waals surface area (Å²) in [5, 5.41) is 3.64. The maximum absolute atomic E-state index is 5.21. The Kier molecular flexibility index (Phi) is 5.06. The second-order valence-electron chi connectivity index (χ2n) is 6.40. The fraction of sp³-hybridized carbons (Fsp3) is 0.647. The zero-order chi connectivity index (χ0) is 14.6. The summed E-state index contributed by atoms with van der Waals surface area (Å²) in [4.78, 5) is 2.64. The molecule has 1 atom stereocenters. The predicted octanol–water partition coefficient (Wildman–Crippen LogP) is 2.70. The van der Waals surface area contributed by atoms with E-state index in [0.717, 1.165) is 31.8 Å². The van der Waals surface area contributed by atoms with Crippen LogP contribution in [0.1, 0.15) is 32.8 Å². The Morgan fingerprint density at radius 3 is 2.60 bits per heavy atom. The second-order valence-corrected chi connectivity index (χ2v) is 6.40. The highest BCUT2D eigenvalue weighted by atomic mass is 16.5. The van der Waals surface area contributed by atoms with Crippen molar-refractivity contribution < 1.29 is 4.74 Å². The van der Waals surface area contributed by atoms with Gasteiger partial charge in [-0.2, -0.15) is 0 Å². The molecule has 1 fully saturated rings. The van der Waals surface area contributed by atoms with Crippen molar-refractivity contribution in [3.63, 3.8) is 0 Å². The number of hydrogen-bond donors (Lipinski definition) is 1. The van der Waals surface area contributed by atoms with E-state index in [2.05, 4.69) is 43.1 Å². The quantitative estimate of drug-likeness (QED) is 0.895. The zero-order valence-electron chi connectivity index (χ0n) is 13.3. The van der Waals surface area contributed by atoms with Crippen molar-refractivity contribution in [2.45, 2.75) is 45.2 Å². The van der Waals surface area contributed by atoms with E-state index in [4.69, 9.17) is 4.74 Å². The number of nitrogens with zero attached hydrogens (tertiary/aromatic N) is 1. The minimum absolute atomic E-state index is 0.228. The summed E-state index contributed by atoms with van der Waals surface area (Å²) in [6.07, 6.45) is 2.32. The summed E-state index contributed by atoms with van der Waals surface area (Å²) in [5.41, 5.74) is 1.61. The molecule has 1 N–H and O–H groups in total. The summed E-state index contributed by atoms with van der Waals surface area (Å²) in [6, 6.07) is 9.12. The smallest absolute Gasteiger partial charge is 0.118 e. The Bertz CT molecular complexity index is 414. The normalized spacial score (nSPS) is 22.7. The first kappa shape index (κ1) is 15.3. The molecule has 112 valence electrons. The van der Waals surface area contributed by atoms with E-state index in [1.165, 1.54) is 12.0 Å².